The number of hydrogen-bond donors (Lipinski definition) is 1. The minimum absolute atomic E-state index is 0.0269. The molecule has 0 unspecified atom stereocenters. The van der Waals surface area contributed by atoms with Gasteiger partial charge in [0.1, 0.15) is 5.69 Å². The highest BCUT2D eigenvalue weighted by Crippen LogP contribution is 2.35. The molecule has 1 amide bonds. The van der Waals surface area contributed by atoms with Gasteiger partial charge in [-0.05, 0) is 32.0 Å². The molecule has 0 aliphatic carbocycles. The maximum atomic E-state index is 13.2. The van der Waals surface area contributed by atoms with E-state index >= 15 is 0 Å². The number of anilines is 4. The summed E-state index contributed by atoms with van der Waals surface area (Å²) in [6.45, 7) is 3.85. The van der Waals surface area contributed by atoms with Crippen LogP contribution in [0.2, 0.25) is 0 Å². The number of halogens is 3. The molecule has 30 heavy (non-hydrogen) atoms. The second kappa shape index (κ2) is 7.42. The summed E-state index contributed by atoms with van der Waals surface area (Å²) in [5, 5.41) is 2.65. The Balaban J connectivity index is 2.05. The monoisotopic (exact) mass is 443 g/mol. The number of carbonyl (C=O) groups is 1. The van der Waals surface area contributed by atoms with E-state index in [1.807, 2.05) is 13.8 Å². The molecule has 0 spiro atoms. The number of alkyl halides is 3. The fraction of sp³-hybridized carbons (Fsp3) is 0.389. The molecule has 162 valence electrons. The summed E-state index contributed by atoms with van der Waals surface area (Å²) in [6, 6.07) is 2.39. The van der Waals surface area contributed by atoms with Crippen LogP contribution >= 0.6 is 0 Å². The molecule has 1 aliphatic heterocycles. The topological polar surface area (TPSA) is 95.5 Å². The first-order chi connectivity index (χ1) is 13.8. The molecule has 1 N–H and O–H groups in total. The second-order valence-electron chi connectivity index (χ2n) is 7.22. The summed E-state index contributed by atoms with van der Waals surface area (Å²) in [5.41, 5.74) is -0.770. The van der Waals surface area contributed by atoms with Crippen molar-refractivity contribution in [3.63, 3.8) is 0 Å². The summed E-state index contributed by atoms with van der Waals surface area (Å²) < 4.78 is 63.3. The number of amides is 1. The Morgan fingerprint density at radius 3 is 2.43 bits per heavy atom. The Kier molecular flexibility index (Phi) is 5.39. The quantitative estimate of drug-likeness (QED) is 0.776. The van der Waals surface area contributed by atoms with Crippen LogP contribution in [0, 0.1) is 0 Å². The highest BCUT2D eigenvalue weighted by atomic mass is 32.2. The number of sulfone groups is 1. The van der Waals surface area contributed by atoms with Gasteiger partial charge in [0.15, 0.2) is 15.7 Å². The van der Waals surface area contributed by atoms with E-state index in [0.29, 0.717) is 17.6 Å². The summed E-state index contributed by atoms with van der Waals surface area (Å²) in [4.78, 5) is 23.3. The predicted molar refractivity (Wildman–Crippen MR) is 106 cm³/mol. The predicted octanol–water partition coefficient (Wildman–Crippen LogP) is 2.83. The number of likely N-dealkylation sites (N-methyl/N-ethyl adjacent to an activating group) is 1. The average Bonchev–Trinajstić information content (AvgIpc) is 2.62. The van der Waals surface area contributed by atoms with Crippen LogP contribution in [0.15, 0.2) is 29.3 Å². The van der Waals surface area contributed by atoms with E-state index in [1.165, 1.54) is 11.1 Å². The molecular formula is C18H20F3N5O3S. The first-order valence-corrected chi connectivity index (χ1v) is 10.8. The van der Waals surface area contributed by atoms with Crippen molar-refractivity contribution in [2.45, 2.75) is 31.0 Å². The van der Waals surface area contributed by atoms with Crippen molar-refractivity contribution in [1.82, 2.24) is 9.97 Å². The number of rotatable bonds is 4. The van der Waals surface area contributed by atoms with E-state index in [4.69, 9.17) is 0 Å². The molecule has 0 fully saturated rings. The molecule has 3 rings (SSSR count). The summed E-state index contributed by atoms with van der Waals surface area (Å²) in [7, 11) is -2.30. The first-order valence-electron chi connectivity index (χ1n) is 8.87. The zero-order valence-electron chi connectivity index (χ0n) is 16.6. The number of carbonyl (C=O) groups excluding carboxylic acids is 1. The zero-order valence-corrected chi connectivity index (χ0v) is 17.5. The van der Waals surface area contributed by atoms with E-state index in [9.17, 15) is 26.4 Å². The molecule has 1 aromatic heterocycles. The van der Waals surface area contributed by atoms with Crippen LogP contribution in [0.4, 0.5) is 36.3 Å². The number of nitrogens with zero attached hydrogens (tertiary/aromatic N) is 4. The van der Waals surface area contributed by atoms with Gasteiger partial charge in [-0.25, -0.2) is 13.4 Å². The van der Waals surface area contributed by atoms with Crippen LogP contribution in [0.3, 0.4) is 0 Å². The lowest BCUT2D eigenvalue weighted by Gasteiger charge is -2.36. The molecule has 12 heteroatoms. The minimum atomic E-state index is -4.73. The van der Waals surface area contributed by atoms with Gasteiger partial charge in [-0.2, -0.15) is 18.2 Å². The normalized spacial score (nSPS) is 14.9. The third-order valence-corrected chi connectivity index (χ3v) is 5.70. The van der Waals surface area contributed by atoms with Gasteiger partial charge in [0, 0.05) is 25.0 Å². The van der Waals surface area contributed by atoms with Crippen molar-refractivity contribution in [2.24, 2.45) is 0 Å². The Morgan fingerprint density at radius 1 is 1.20 bits per heavy atom. The zero-order chi connectivity index (χ0) is 22.4. The molecule has 0 saturated carbocycles. The van der Waals surface area contributed by atoms with Crippen molar-refractivity contribution in [3.8, 4) is 0 Å². The first kappa shape index (κ1) is 21.8. The molecule has 1 aliphatic rings. The minimum Gasteiger partial charge on any atom is -0.343 e. The fourth-order valence-electron chi connectivity index (χ4n) is 2.94. The van der Waals surface area contributed by atoms with Gasteiger partial charge in [0.05, 0.1) is 23.2 Å². The third-order valence-electron chi connectivity index (χ3n) is 4.60. The molecule has 2 heterocycles. The van der Waals surface area contributed by atoms with Gasteiger partial charge in [0.2, 0.25) is 11.9 Å². The summed E-state index contributed by atoms with van der Waals surface area (Å²) in [6.07, 6.45) is -2.51. The standard InChI is InChI=1S/C18H20F3N5O3S/c1-10(2)26-9-15(27)25(3)14-8-22-17(24-16(14)26)23-12-5-11(18(19,20)21)6-13(7-12)30(4,28)29/h5-8,10H,9H2,1-4H3,(H,22,23,24). The van der Waals surface area contributed by atoms with Crippen LogP contribution in [-0.2, 0) is 20.8 Å². The summed E-state index contributed by atoms with van der Waals surface area (Å²) in [5.74, 6) is 0.275. The summed E-state index contributed by atoms with van der Waals surface area (Å²) >= 11 is 0. The van der Waals surface area contributed by atoms with Gasteiger partial charge >= 0.3 is 6.18 Å². The van der Waals surface area contributed by atoms with Gasteiger partial charge in [-0.1, -0.05) is 0 Å². The Morgan fingerprint density at radius 2 is 1.87 bits per heavy atom. The van der Waals surface area contributed by atoms with Crippen molar-refractivity contribution >= 4 is 38.9 Å². The number of aromatic nitrogens is 2. The smallest absolute Gasteiger partial charge is 0.343 e. The lowest BCUT2D eigenvalue weighted by Crippen LogP contribution is -2.47. The molecule has 0 saturated heterocycles. The highest BCUT2D eigenvalue weighted by Gasteiger charge is 2.33. The number of benzene rings is 1. The van der Waals surface area contributed by atoms with Crippen LogP contribution in [0.25, 0.3) is 0 Å². The van der Waals surface area contributed by atoms with E-state index in [0.717, 1.165) is 18.4 Å². The van der Waals surface area contributed by atoms with Gasteiger partial charge < -0.3 is 15.1 Å². The fourth-order valence-corrected chi connectivity index (χ4v) is 3.62. The van der Waals surface area contributed by atoms with Gasteiger partial charge in [-0.15, -0.1) is 0 Å². The van der Waals surface area contributed by atoms with E-state index in [-0.39, 0.29) is 30.1 Å². The molecular weight excluding hydrogens is 423 g/mol. The lowest BCUT2D eigenvalue weighted by atomic mass is 10.2. The molecule has 0 radical (unpaired) electrons. The van der Waals surface area contributed by atoms with Crippen molar-refractivity contribution in [2.75, 3.05) is 35.0 Å². The average molecular weight is 443 g/mol. The SMILES string of the molecule is CC(C)N1CC(=O)N(C)c2cnc(Nc3cc(C(F)(F)F)cc(S(C)(=O)=O)c3)nc21. The maximum Gasteiger partial charge on any atom is 0.416 e. The molecule has 8 nitrogen and oxygen atoms in total. The van der Waals surface area contributed by atoms with E-state index in [1.54, 1.807) is 11.9 Å². The van der Waals surface area contributed by atoms with Crippen LogP contribution < -0.4 is 15.1 Å². The Bertz CT molecular complexity index is 1100. The number of nitrogens with one attached hydrogen (secondary N) is 1. The number of hydrogen-bond acceptors (Lipinski definition) is 7. The van der Waals surface area contributed by atoms with Crippen molar-refractivity contribution in [1.29, 1.82) is 0 Å². The van der Waals surface area contributed by atoms with Crippen LogP contribution in [-0.4, -0.2) is 50.2 Å². The van der Waals surface area contributed by atoms with Crippen molar-refractivity contribution in [3.05, 3.63) is 30.0 Å². The Hall–Kier alpha value is -2.89. The highest BCUT2D eigenvalue weighted by molar-refractivity contribution is 7.90. The van der Waals surface area contributed by atoms with Crippen LogP contribution in [0.1, 0.15) is 19.4 Å². The Labute approximate surface area is 171 Å². The number of fused-ring (bicyclic) bond motifs is 1. The maximum absolute atomic E-state index is 13.2. The van der Waals surface area contributed by atoms with E-state index in [2.05, 4.69) is 15.3 Å². The molecule has 0 bridgehead atoms. The lowest BCUT2D eigenvalue weighted by molar-refractivity contribution is -0.137. The third kappa shape index (κ3) is 4.32. The molecule has 2 aromatic rings. The van der Waals surface area contributed by atoms with Crippen molar-refractivity contribution < 1.29 is 26.4 Å². The second-order valence-corrected chi connectivity index (χ2v) is 9.23. The molecule has 1 aromatic carbocycles. The van der Waals surface area contributed by atoms with Crippen LogP contribution in [0.5, 0.6) is 0 Å². The molecule has 0 atom stereocenters. The van der Waals surface area contributed by atoms with Gasteiger partial charge in [-0.3, -0.25) is 4.79 Å². The largest absolute Gasteiger partial charge is 0.416 e. The van der Waals surface area contributed by atoms with E-state index < -0.39 is 26.5 Å². The van der Waals surface area contributed by atoms with Gasteiger partial charge in [0.25, 0.3) is 0 Å².